The summed E-state index contributed by atoms with van der Waals surface area (Å²) in [7, 11) is 0. The molecule has 1 aromatic carbocycles. The van der Waals surface area contributed by atoms with Gasteiger partial charge in [-0.15, -0.1) is 5.10 Å². The minimum Gasteiger partial charge on any atom is -0.486 e. The Morgan fingerprint density at radius 3 is 3.00 bits per heavy atom. The molecule has 4 nitrogen and oxygen atoms in total. The molecule has 1 heterocycles. The van der Waals surface area contributed by atoms with E-state index in [9.17, 15) is 0 Å². The van der Waals surface area contributed by atoms with Crippen LogP contribution in [-0.4, -0.2) is 16.1 Å². The molecule has 18 heavy (non-hydrogen) atoms. The van der Waals surface area contributed by atoms with E-state index >= 15 is 0 Å². The van der Waals surface area contributed by atoms with Crippen LogP contribution in [0.2, 0.25) is 0 Å². The Morgan fingerprint density at radius 2 is 2.22 bits per heavy atom. The zero-order valence-electron chi connectivity index (χ0n) is 10.0. The van der Waals surface area contributed by atoms with Crippen molar-refractivity contribution in [3.05, 3.63) is 34.4 Å². The van der Waals surface area contributed by atoms with Crippen LogP contribution in [-0.2, 0) is 6.61 Å². The first-order valence-corrected chi connectivity index (χ1v) is 7.30. The van der Waals surface area contributed by atoms with Crippen molar-refractivity contribution in [3.8, 4) is 5.75 Å². The van der Waals surface area contributed by atoms with Gasteiger partial charge < -0.3 is 10.1 Å². The zero-order chi connectivity index (χ0) is 12.8. The Labute approximate surface area is 119 Å². The minimum atomic E-state index is 0.422. The zero-order valence-corrected chi connectivity index (χ0v) is 12.4. The van der Waals surface area contributed by atoms with Gasteiger partial charge in [0.25, 0.3) is 0 Å². The van der Waals surface area contributed by atoms with E-state index in [1.165, 1.54) is 11.5 Å². The monoisotopic (exact) mass is 327 g/mol. The molecule has 0 fully saturated rings. The lowest BCUT2D eigenvalue weighted by Crippen LogP contribution is -2.03. The van der Waals surface area contributed by atoms with Crippen molar-refractivity contribution in [1.29, 1.82) is 0 Å². The molecule has 0 aliphatic heterocycles. The number of aromatic nitrogens is 2. The molecule has 0 radical (unpaired) electrons. The lowest BCUT2D eigenvalue weighted by atomic mass is 10.3. The van der Waals surface area contributed by atoms with Crippen LogP contribution in [0.15, 0.2) is 28.7 Å². The summed E-state index contributed by atoms with van der Waals surface area (Å²) in [4.78, 5) is 0. The van der Waals surface area contributed by atoms with Gasteiger partial charge in [-0.05, 0) is 34.5 Å². The molecular formula is C12H14BrN3OS. The summed E-state index contributed by atoms with van der Waals surface area (Å²) in [5.41, 5.74) is 0.851. The average molecular weight is 328 g/mol. The van der Waals surface area contributed by atoms with E-state index in [2.05, 4.69) is 37.8 Å². The van der Waals surface area contributed by atoms with Crippen LogP contribution in [0.25, 0.3) is 0 Å². The summed E-state index contributed by atoms with van der Waals surface area (Å²) < 4.78 is 10.6. The Balaban J connectivity index is 1.98. The number of nitrogens with one attached hydrogen (secondary N) is 1. The van der Waals surface area contributed by atoms with Crippen molar-refractivity contribution in [2.45, 2.75) is 20.0 Å². The number of ether oxygens (including phenoxy) is 1. The van der Waals surface area contributed by atoms with Crippen molar-refractivity contribution in [1.82, 2.24) is 9.59 Å². The van der Waals surface area contributed by atoms with Gasteiger partial charge >= 0.3 is 0 Å². The first-order valence-electron chi connectivity index (χ1n) is 5.73. The number of nitrogens with zero attached hydrogens (tertiary/aromatic N) is 2. The van der Waals surface area contributed by atoms with E-state index in [0.29, 0.717) is 6.61 Å². The fourth-order valence-electron chi connectivity index (χ4n) is 1.38. The molecule has 0 bridgehead atoms. The molecule has 0 aliphatic carbocycles. The van der Waals surface area contributed by atoms with Gasteiger partial charge in [0.15, 0.2) is 0 Å². The Kier molecular flexibility index (Phi) is 4.95. The van der Waals surface area contributed by atoms with Crippen molar-refractivity contribution in [3.63, 3.8) is 0 Å². The largest absolute Gasteiger partial charge is 0.486 e. The Bertz CT molecular complexity index is 504. The molecular weight excluding hydrogens is 314 g/mol. The van der Waals surface area contributed by atoms with E-state index in [-0.39, 0.29) is 0 Å². The number of anilines is 1. The van der Waals surface area contributed by atoms with Gasteiger partial charge in [0.05, 0.1) is 4.47 Å². The van der Waals surface area contributed by atoms with E-state index < -0.39 is 0 Å². The molecule has 2 aromatic rings. The standard InChI is InChI=1S/C12H14BrN3OS/c1-2-7-14-12-10(15-16-18-12)8-17-11-6-4-3-5-9(11)13/h3-6,14H,2,7-8H2,1H3. The van der Waals surface area contributed by atoms with Crippen molar-refractivity contribution < 1.29 is 4.74 Å². The third-order valence-corrected chi connectivity index (χ3v) is 3.67. The number of halogens is 1. The molecule has 0 atom stereocenters. The van der Waals surface area contributed by atoms with Gasteiger partial charge in [0.1, 0.15) is 23.1 Å². The maximum absolute atomic E-state index is 5.72. The van der Waals surface area contributed by atoms with Gasteiger partial charge in [-0.2, -0.15) is 0 Å². The molecule has 1 aromatic heterocycles. The van der Waals surface area contributed by atoms with Crippen LogP contribution in [0.5, 0.6) is 5.75 Å². The van der Waals surface area contributed by atoms with Crippen molar-refractivity contribution >= 4 is 32.5 Å². The summed E-state index contributed by atoms with van der Waals surface area (Å²) in [5, 5.41) is 8.36. The van der Waals surface area contributed by atoms with Crippen LogP contribution in [0.4, 0.5) is 5.00 Å². The highest BCUT2D eigenvalue weighted by molar-refractivity contribution is 9.10. The second-order valence-corrected chi connectivity index (χ2v) is 5.30. The SMILES string of the molecule is CCCNc1snnc1COc1ccccc1Br. The predicted molar refractivity (Wildman–Crippen MR) is 77.2 cm³/mol. The van der Waals surface area contributed by atoms with Crippen LogP contribution >= 0.6 is 27.5 Å². The topological polar surface area (TPSA) is 47.0 Å². The number of rotatable bonds is 6. The van der Waals surface area contributed by atoms with E-state index in [0.717, 1.165) is 33.9 Å². The fourth-order valence-corrected chi connectivity index (χ4v) is 2.38. The molecule has 0 spiro atoms. The van der Waals surface area contributed by atoms with Gasteiger partial charge in [-0.3, -0.25) is 0 Å². The highest BCUT2D eigenvalue weighted by Gasteiger charge is 2.08. The number of hydrogen-bond donors (Lipinski definition) is 1. The normalized spacial score (nSPS) is 10.3. The Morgan fingerprint density at radius 1 is 1.39 bits per heavy atom. The highest BCUT2D eigenvalue weighted by Crippen LogP contribution is 2.26. The highest BCUT2D eigenvalue weighted by atomic mass is 79.9. The Hall–Kier alpha value is -1.14. The summed E-state index contributed by atoms with van der Waals surface area (Å²) >= 11 is 4.81. The average Bonchev–Trinajstić information content (AvgIpc) is 2.83. The molecule has 0 saturated carbocycles. The number of benzene rings is 1. The smallest absolute Gasteiger partial charge is 0.136 e. The lowest BCUT2D eigenvalue weighted by Gasteiger charge is -2.07. The number of hydrogen-bond acceptors (Lipinski definition) is 5. The van der Waals surface area contributed by atoms with Crippen molar-refractivity contribution in [2.75, 3.05) is 11.9 Å². The van der Waals surface area contributed by atoms with Crippen LogP contribution in [0, 0.1) is 0 Å². The maximum atomic E-state index is 5.72. The maximum Gasteiger partial charge on any atom is 0.136 e. The first-order chi connectivity index (χ1) is 8.81. The third-order valence-electron chi connectivity index (χ3n) is 2.29. The molecule has 0 aliphatic rings. The molecule has 6 heteroatoms. The summed E-state index contributed by atoms with van der Waals surface area (Å²) in [6.45, 7) is 3.47. The third kappa shape index (κ3) is 3.43. The van der Waals surface area contributed by atoms with Gasteiger partial charge in [-0.1, -0.05) is 23.5 Å². The van der Waals surface area contributed by atoms with E-state index in [1.807, 2.05) is 24.3 Å². The minimum absolute atomic E-state index is 0.422. The van der Waals surface area contributed by atoms with E-state index in [1.54, 1.807) is 0 Å². The van der Waals surface area contributed by atoms with Gasteiger partial charge in [0, 0.05) is 18.1 Å². The summed E-state index contributed by atoms with van der Waals surface area (Å²) in [6.07, 6.45) is 1.07. The molecule has 1 N–H and O–H groups in total. The number of para-hydroxylation sites is 1. The second kappa shape index (κ2) is 6.70. The molecule has 96 valence electrons. The predicted octanol–water partition coefficient (Wildman–Crippen LogP) is 3.70. The van der Waals surface area contributed by atoms with E-state index in [4.69, 9.17) is 4.74 Å². The lowest BCUT2D eigenvalue weighted by molar-refractivity contribution is 0.300. The molecule has 2 rings (SSSR count). The molecule has 0 amide bonds. The van der Waals surface area contributed by atoms with Crippen LogP contribution < -0.4 is 10.1 Å². The second-order valence-electron chi connectivity index (χ2n) is 3.69. The molecule has 0 unspecified atom stereocenters. The van der Waals surface area contributed by atoms with Crippen LogP contribution in [0.3, 0.4) is 0 Å². The van der Waals surface area contributed by atoms with Crippen molar-refractivity contribution in [2.24, 2.45) is 0 Å². The first kappa shape index (κ1) is 13.3. The van der Waals surface area contributed by atoms with Crippen LogP contribution in [0.1, 0.15) is 19.0 Å². The fraction of sp³-hybridized carbons (Fsp3) is 0.333. The quantitative estimate of drug-likeness (QED) is 0.878. The summed E-state index contributed by atoms with van der Waals surface area (Å²) in [6, 6.07) is 7.76. The molecule has 0 saturated heterocycles. The van der Waals surface area contributed by atoms with Gasteiger partial charge in [-0.25, -0.2) is 0 Å². The summed E-state index contributed by atoms with van der Waals surface area (Å²) in [5.74, 6) is 0.812. The van der Waals surface area contributed by atoms with Gasteiger partial charge in [0.2, 0.25) is 0 Å².